The summed E-state index contributed by atoms with van der Waals surface area (Å²) in [5.74, 6) is 1.88. The van der Waals surface area contributed by atoms with Crippen LogP contribution in [0.3, 0.4) is 0 Å². The smallest absolute Gasteiger partial charge is 0.246 e. The van der Waals surface area contributed by atoms with Gasteiger partial charge in [-0.3, -0.25) is 9.59 Å². The Hall–Kier alpha value is -3.02. The fraction of sp³-hybridized carbons (Fsp3) is 0.263. The van der Waals surface area contributed by atoms with Crippen molar-refractivity contribution in [3.8, 4) is 17.2 Å². The molecule has 2 aromatic rings. The number of rotatable bonds is 6. The highest BCUT2D eigenvalue weighted by Gasteiger charge is 2.27. The van der Waals surface area contributed by atoms with E-state index in [4.69, 9.17) is 9.47 Å². The van der Waals surface area contributed by atoms with Crippen molar-refractivity contribution in [1.82, 2.24) is 5.32 Å². The fourth-order valence-electron chi connectivity index (χ4n) is 2.55. The molecular weight excluding hydrogens is 320 g/mol. The topological polar surface area (TPSA) is 76.7 Å². The molecule has 0 radical (unpaired) electrons. The largest absolute Gasteiger partial charge is 0.494 e. The van der Waals surface area contributed by atoms with Crippen LogP contribution in [0.5, 0.6) is 17.2 Å². The molecule has 6 heteroatoms. The number of anilines is 1. The Morgan fingerprint density at radius 3 is 2.24 bits per heavy atom. The van der Waals surface area contributed by atoms with Crippen LogP contribution in [-0.4, -0.2) is 24.5 Å². The van der Waals surface area contributed by atoms with E-state index in [9.17, 15) is 9.59 Å². The summed E-state index contributed by atoms with van der Waals surface area (Å²) in [7, 11) is 0. The van der Waals surface area contributed by atoms with Gasteiger partial charge in [0.2, 0.25) is 11.8 Å². The molecule has 6 nitrogen and oxygen atoms in total. The van der Waals surface area contributed by atoms with E-state index >= 15 is 0 Å². The lowest BCUT2D eigenvalue weighted by Gasteiger charge is -2.12. The maximum atomic E-state index is 12.1. The number of amides is 2. The molecule has 0 aliphatic carbocycles. The molecule has 130 valence electrons. The molecule has 25 heavy (non-hydrogen) atoms. The first-order valence-corrected chi connectivity index (χ1v) is 8.25. The molecule has 0 unspecified atom stereocenters. The van der Waals surface area contributed by atoms with E-state index in [2.05, 4.69) is 10.6 Å². The Balaban J connectivity index is 1.56. The van der Waals surface area contributed by atoms with Crippen molar-refractivity contribution in [2.24, 2.45) is 0 Å². The second-order valence-electron chi connectivity index (χ2n) is 5.68. The molecule has 0 aromatic heterocycles. The van der Waals surface area contributed by atoms with Gasteiger partial charge in [0, 0.05) is 12.1 Å². The lowest BCUT2D eigenvalue weighted by Crippen LogP contribution is -2.37. The summed E-state index contributed by atoms with van der Waals surface area (Å²) in [6.07, 6.45) is 0.927. The van der Waals surface area contributed by atoms with Crippen LogP contribution in [-0.2, 0) is 9.59 Å². The molecule has 2 amide bonds. The Kier molecular flexibility index (Phi) is 5.18. The van der Waals surface area contributed by atoms with Crippen LogP contribution in [0, 0.1) is 0 Å². The highest BCUT2D eigenvalue weighted by atomic mass is 16.5. The normalized spacial score (nSPS) is 16.2. The summed E-state index contributed by atoms with van der Waals surface area (Å²) < 4.78 is 11.2. The Bertz CT molecular complexity index is 741. The third-order valence-corrected chi connectivity index (χ3v) is 3.80. The predicted octanol–water partition coefficient (Wildman–Crippen LogP) is 3.09. The maximum Gasteiger partial charge on any atom is 0.246 e. The van der Waals surface area contributed by atoms with Crippen LogP contribution < -0.4 is 20.1 Å². The average molecular weight is 340 g/mol. The average Bonchev–Trinajstić information content (AvgIpc) is 3.05. The van der Waals surface area contributed by atoms with E-state index < -0.39 is 6.04 Å². The van der Waals surface area contributed by atoms with Gasteiger partial charge in [-0.2, -0.15) is 0 Å². The minimum absolute atomic E-state index is 0.0840. The molecular formula is C19H20N2O4. The first-order chi connectivity index (χ1) is 12.1. The third kappa shape index (κ3) is 4.50. The molecule has 0 saturated carbocycles. The quantitative estimate of drug-likeness (QED) is 0.847. The Morgan fingerprint density at radius 1 is 1.08 bits per heavy atom. The van der Waals surface area contributed by atoms with Crippen molar-refractivity contribution in [2.75, 3.05) is 11.9 Å². The first-order valence-electron chi connectivity index (χ1n) is 8.25. The molecule has 1 aliphatic rings. The van der Waals surface area contributed by atoms with Crippen molar-refractivity contribution in [3.05, 3.63) is 48.5 Å². The van der Waals surface area contributed by atoms with Crippen LogP contribution in [0.4, 0.5) is 5.69 Å². The molecule has 3 rings (SSSR count). The van der Waals surface area contributed by atoms with Crippen LogP contribution in [0.15, 0.2) is 48.5 Å². The van der Waals surface area contributed by atoms with Crippen molar-refractivity contribution in [1.29, 1.82) is 0 Å². The third-order valence-electron chi connectivity index (χ3n) is 3.80. The van der Waals surface area contributed by atoms with Gasteiger partial charge in [-0.15, -0.1) is 0 Å². The summed E-state index contributed by atoms with van der Waals surface area (Å²) in [5.41, 5.74) is 0.658. The van der Waals surface area contributed by atoms with Crippen LogP contribution in [0.25, 0.3) is 0 Å². The molecule has 2 N–H and O–H groups in total. The molecule has 0 spiro atoms. The van der Waals surface area contributed by atoms with Gasteiger partial charge in [0.05, 0.1) is 6.61 Å². The van der Waals surface area contributed by atoms with Gasteiger partial charge in [-0.1, -0.05) is 0 Å². The molecule has 1 fully saturated rings. The van der Waals surface area contributed by atoms with Crippen molar-refractivity contribution in [3.63, 3.8) is 0 Å². The zero-order chi connectivity index (χ0) is 17.6. The van der Waals surface area contributed by atoms with E-state index in [-0.39, 0.29) is 11.8 Å². The number of hydrogen-bond donors (Lipinski definition) is 2. The molecule has 0 bridgehead atoms. The van der Waals surface area contributed by atoms with Gasteiger partial charge in [-0.25, -0.2) is 0 Å². The van der Waals surface area contributed by atoms with Gasteiger partial charge >= 0.3 is 0 Å². The lowest BCUT2D eigenvalue weighted by molar-refractivity contribution is -0.122. The summed E-state index contributed by atoms with van der Waals surface area (Å²) in [6, 6.07) is 14.0. The fourth-order valence-corrected chi connectivity index (χ4v) is 2.55. The monoisotopic (exact) mass is 340 g/mol. The lowest BCUT2D eigenvalue weighted by atomic mass is 10.2. The number of carbonyl (C=O) groups excluding carboxylic acids is 2. The molecule has 1 saturated heterocycles. The number of hydrogen-bond acceptors (Lipinski definition) is 4. The number of carbonyl (C=O) groups is 2. The Morgan fingerprint density at radius 2 is 1.68 bits per heavy atom. The van der Waals surface area contributed by atoms with Crippen molar-refractivity contribution < 1.29 is 19.1 Å². The second-order valence-corrected chi connectivity index (χ2v) is 5.68. The zero-order valence-electron chi connectivity index (χ0n) is 14.0. The zero-order valence-corrected chi connectivity index (χ0v) is 14.0. The van der Waals surface area contributed by atoms with Gasteiger partial charge < -0.3 is 20.1 Å². The highest BCUT2D eigenvalue weighted by Crippen LogP contribution is 2.25. The van der Waals surface area contributed by atoms with Gasteiger partial charge in [-0.05, 0) is 61.9 Å². The van der Waals surface area contributed by atoms with E-state index in [1.165, 1.54) is 0 Å². The van der Waals surface area contributed by atoms with E-state index in [0.717, 1.165) is 5.75 Å². The van der Waals surface area contributed by atoms with E-state index in [1.54, 1.807) is 24.3 Å². The summed E-state index contributed by atoms with van der Waals surface area (Å²) in [6.45, 7) is 2.56. The number of ether oxygens (including phenoxy) is 2. The van der Waals surface area contributed by atoms with Gasteiger partial charge in [0.25, 0.3) is 0 Å². The number of nitrogens with one attached hydrogen (secondary N) is 2. The first kappa shape index (κ1) is 16.8. The SMILES string of the molecule is CCOc1ccc(Oc2ccc(NC(=O)[C@@H]3CCC(=O)N3)cc2)cc1. The maximum absolute atomic E-state index is 12.1. The summed E-state index contributed by atoms with van der Waals surface area (Å²) >= 11 is 0. The van der Waals surface area contributed by atoms with Crippen LogP contribution in [0.1, 0.15) is 19.8 Å². The van der Waals surface area contributed by atoms with Gasteiger partial charge in [0.1, 0.15) is 23.3 Å². The minimum Gasteiger partial charge on any atom is -0.494 e. The van der Waals surface area contributed by atoms with Crippen LogP contribution >= 0.6 is 0 Å². The number of benzene rings is 2. The molecule has 1 atom stereocenters. The summed E-state index contributed by atoms with van der Waals surface area (Å²) in [5, 5.41) is 5.44. The van der Waals surface area contributed by atoms with Crippen molar-refractivity contribution in [2.45, 2.75) is 25.8 Å². The molecule has 1 heterocycles. The summed E-state index contributed by atoms with van der Waals surface area (Å²) in [4.78, 5) is 23.2. The van der Waals surface area contributed by atoms with Gasteiger partial charge in [0.15, 0.2) is 0 Å². The molecule has 2 aromatic carbocycles. The highest BCUT2D eigenvalue weighted by molar-refractivity contribution is 5.98. The predicted molar refractivity (Wildman–Crippen MR) is 93.9 cm³/mol. The molecule has 1 aliphatic heterocycles. The standard InChI is InChI=1S/C19H20N2O4/c1-2-24-14-7-9-16(10-8-14)25-15-5-3-13(4-6-15)20-19(23)17-11-12-18(22)21-17/h3-10,17H,2,11-12H2,1H3,(H,20,23)(H,21,22)/t17-/m0/s1. The second kappa shape index (κ2) is 7.70. The Labute approximate surface area is 146 Å². The van der Waals surface area contributed by atoms with E-state index in [0.29, 0.717) is 36.6 Å². The van der Waals surface area contributed by atoms with Crippen molar-refractivity contribution >= 4 is 17.5 Å². The minimum atomic E-state index is -0.452. The van der Waals surface area contributed by atoms with E-state index in [1.807, 2.05) is 31.2 Å². The van der Waals surface area contributed by atoms with Crippen LogP contribution in [0.2, 0.25) is 0 Å².